The average Bonchev–Trinajstić information content (AvgIpc) is 3.24. The molecule has 1 aromatic carbocycles. The Bertz CT molecular complexity index is 603. The van der Waals surface area contributed by atoms with Crippen LogP contribution in [0.3, 0.4) is 0 Å². The van der Waals surface area contributed by atoms with Gasteiger partial charge in [0, 0.05) is 18.0 Å². The number of carbonyl (C=O) groups is 2. The van der Waals surface area contributed by atoms with Crippen LogP contribution in [0.5, 0.6) is 0 Å². The summed E-state index contributed by atoms with van der Waals surface area (Å²) in [5, 5.41) is 0. The number of ketones is 1. The van der Waals surface area contributed by atoms with Gasteiger partial charge in [0.2, 0.25) is 5.91 Å². The van der Waals surface area contributed by atoms with E-state index in [0.29, 0.717) is 5.92 Å². The van der Waals surface area contributed by atoms with Crippen molar-refractivity contribution in [1.29, 1.82) is 0 Å². The summed E-state index contributed by atoms with van der Waals surface area (Å²) < 4.78 is 0. The first kappa shape index (κ1) is 15.3. The lowest BCUT2D eigenvalue weighted by Gasteiger charge is -2.27. The molecule has 2 atom stereocenters. The van der Waals surface area contributed by atoms with Crippen molar-refractivity contribution in [2.45, 2.75) is 52.5 Å². The van der Waals surface area contributed by atoms with Crippen molar-refractivity contribution in [3.05, 3.63) is 34.9 Å². The quantitative estimate of drug-likeness (QED) is 0.798. The molecule has 2 unspecified atom stereocenters. The summed E-state index contributed by atoms with van der Waals surface area (Å²) in [7, 11) is 0. The number of benzene rings is 1. The van der Waals surface area contributed by atoms with E-state index < -0.39 is 0 Å². The van der Waals surface area contributed by atoms with Gasteiger partial charge in [-0.3, -0.25) is 9.59 Å². The minimum absolute atomic E-state index is 0.0770. The Hall–Kier alpha value is -1.64. The smallest absolute Gasteiger partial charge is 0.226 e. The predicted molar refractivity (Wildman–Crippen MR) is 86.9 cm³/mol. The molecule has 118 valence electrons. The lowest BCUT2D eigenvalue weighted by Crippen LogP contribution is -2.43. The maximum absolute atomic E-state index is 12.8. The van der Waals surface area contributed by atoms with Gasteiger partial charge in [0.05, 0.1) is 6.04 Å². The van der Waals surface area contributed by atoms with Crippen LogP contribution in [0.1, 0.15) is 54.1 Å². The standard InChI is InChI=1S/C19H25NO2/c1-12-6-7-16(11-13(12)2)18(21)17-5-4-10-20(17)19(22)14(3)15-8-9-15/h6-7,11,14-15,17H,4-5,8-10H2,1-3H3. The van der Waals surface area contributed by atoms with Crippen LogP contribution < -0.4 is 0 Å². The maximum atomic E-state index is 12.8. The molecule has 0 radical (unpaired) electrons. The van der Waals surface area contributed by atoms with Crippen LogP contribution in [0.4, 0.5) is 0 Å². The van der Waals surface area contributed by atoms with Crippen molar-refractivity contribution in [3.63, 3.8) is 0 Å². The first-order valence-corrected chi connectivity index (χ1v) is 8.41. The zero-order chi connectivity index (χ0) is 15.9. The van der Waals surface area contributed by atoms with Crippen molar-refractivity contribution in [2.24, 2.45) is 11.8 Å². The summed E-state index contributed by atoms with van der Waals surface area (Å²) in [6.07, 6.45) is 4.06. The fraction of sp³-hybridized carbons (Fsp3) is 0.579. The number of aryl methyl sites for hydroxylation is 2. The van der Waals surface area contributed by atoms with Crippen molar-refractivity contribution < 1.29 is 9.59 Å². The largest absolute Gasteiger partial charge is 0.332 e. The molecule has 1 aromatic rings. The summed E-state index contributed by atoms with van der Waals surface area (Å²) in [4.78, 5) is 27.4. The van der Waals surface area contributed by atoms with E-state index in [9.17, 15) is 9.59 Å². The third-order valence-electron chi connectivity index (χ3n) is 5.35. The van der Waals surface area contributed by atoms with E-state index in [0.717, 1.165) is 43.4 Å². The normalized spacial score (nSPS) is 22.7. The lowest BCUT2D eigenvalue weighted by molar-refractivity contribution is -0.135. The van der Waals surface area contributed by atoms with Crippen molar-refractivity contribution >= 4 is 11.7 Å². The Balaban J connectivity index is 1.78. The Morgan fingerprint density at radius 1 is 1.14 bits per heavy atom. The molecule has 0 spiro atoms. The molecular formula is C19H25NO2. The van der Waals surface area contributed by atoms with Gasteiger partial charge in [-0.2, -0.15) is 0 Å². The van der Waals surface area contributed by atoms with Crippen molar-refractivity contribution in [1.82, 2.24) is 4.90 Å². The van der Waals surface area contributed by atoms with Crippen LogP contribution in [0.25, 0.3) is 0 Å². The number of carbonyl (C=O) groups excluding carboxylic acids is 2. The Morgan fingerprint density at radius 3 is 2.50 bits per heavy atom. The van der Waals surface area contributed by atoms with Gasteiger partial charge in [0.25, 0.3) is 0 Å². The van der Waals surface area contributed by atoms with Crippen LogP contribution in [-0.4, -0.2) is 29.2 Å². The van der Waals surface area contributed by atoms with Crippen LogP contribution >= 0.6 is 0 Å². The van der Waals surface area contributed by atoms with Gasteiger partial charge in [-0.25, -0.2) is 0 Å². The Morgan fingerprint density at radius 2 is 1.86 bits per heavy atom. The van der Waals surface area contributed by atoms with E-state index in [1.54, 1.807) is 0 Å². The highest BCUT2D eigenvalue weighted by atomic mass is 16.2. The molecule has 1 aliphatic heterocycles. The number of rotatable bonds is 4. The summed E-state index contributed by atoms with van der Waals surface area (Å²) in [6, 6.07) is 5.60. The summed E-state index contributed by atoms with van der Waals surface area (Å²) >= 11 is 0. The summed E-state index contributed by atoms with van der Waals surface area (Å²) in [5.41, 5.74) is 3.07. The number of likely N-dealkylation sites (tertiary alicyclic amines) is 1. The highest BCUT2D eigenvalue weighted by Crippen LogP contribution is 2.38. The minimum atomic E-state index is -0.254. The van der Waals surface area contributed by atoms with Gasteiger partial charge >= 0.3 is 0 Å². The number of amides is 1. The Kier molecular flexibility index (Phi) is 4.07. The highest BCUT2D eigenvalue weighted by Gasteiger charge is 2.40. The molecule has 1 amide bonds. The molecule has 1 aliphatic carbocycles. The molecular weight excluding hydrogens is 274 g/mol. The van der Waals surface area contributed by atoms with Crippen LogP contribution in [0.2, 0.25) is 0 Å². The van der Waals surface area contributed by atoms with Gasteiger partial charge < -0.3 is 4.90 Å². The molecule has 0 N–H and O–H groups in total. The van der Waals surface area contributed by atoms with Gasteiger partial charge in [-0.15, -0.1) is 0 Å². The van der Waals surface area contributed by atoms with E-state index in [4.69, 9.17) is 0 Å². The fourth-order valence-corrected chi connectivity index (χ4v) is 3.45. The Labute approximate surface area is 132 Å². The SMILES string of the molecule is Cc1ccc(C(=O)C2CCCN2C(=O)C(C)C2CC2)cc1C. The third-order valence-corrected chi connectivity index (χ3v) is 5.35. The fourth-order valence-electron chi connectivity index (χ4n) is 3.45. The topological polar surface area (TPSA) is 37.4 Å². The molecule has 3 nitrogen and oxygen atoms in total. The average molecular weight is 299 g/mol. The van der Waals surface area contributed by atoms with Crippen LogP contribution in [0.15, 0.2) is 18.2 Å². The van der Waals surface area contributed by atoms with Gasteiger partial charge in [-0.1, -0.05) is 19.1 Å². The zero-order valence-corrected chi connectivity index (χ0v) is 13.8. The van der Waals surface area contributed by atoms with E-state index in [1.807, 2.05) is 43.9 Å². The van der Waals surface area contributed by atoms with E-state index in [-0.39, 0.29) is 23.7 Å². The number of hydrogen-bond acceptors (Lipinski definition) is 2. The summed E-state index contributed by atoms with van der Waals surface area (Å²) in [6.45, 7) is 6.83. The lowest BCUT2D eigenvalue weighted by atomic mass is 9.97. The molecule has 1 saturated carbocycles. The maximum Gasteiger partial charge on any atom is 0.226 e. The number of Topliss-reactive ketones (excluding diaryl/α,β-unsaturated/α-hetero) is 1. The number of hydrogen-bond donors (Lipinski definition) is 0. The van der Waals surface area contributed by atoms with Gasteiger partial charge in [0.15, 0.2) is 5.78 Å². The molecule has 0 bridgehead atoms. The molecule has 3 rings (SSSR count). The van der Waals surface area contributed by atoms with Crippen molar-refractivity contribution in [2.75, 3.05) is 6.54 Å². The molecule has 1 saturated heterocycles. The van der Waals surface area contributed by atoms with Gasteiger partial charge in [0.1, 0.15) is 0 Å². The second-order valence-electron chi connectivity index (χ2n) is 6.98. The van der Waals surface area contributed by atoms with Crippen molar-refractivity contribution in [3.8, 4) is 0 Å². The van der Waals surface area contributed by atoms with Gasteiger partial charge in [-0.05, 0) is 62.6 Å². The van der Waals surface area contributed by atoms with Crippen LogP contribution in [0, 0.1) is 25.7 Å². The molecule has 0 aromatic heterocycles. The molecule has 22 heavy (non-hydrogen) atoms. The third kappa shape index (κ3) is 2.81. The van der Waals surface area contributed by atoms with E-state index >= 15 is 0 Å². The zero-order valence-electron chi connectivity index (χ0n) is 13.8. The first-order chi connectivity index (χ1) is 10.5. The minimum Gasteiger partial charge on any atom is -0.332 e. The monoisotopic (exact) mass is 299 g/mol. The molecule has 1 heterocycles. The highest BCUT2D eigenvalue weighted by molar-refractivity contribution is 6.02. The van der Waals surface area contributed by atoms with E-state index in [2.05, 4.69) is 0 Å². The second kappa shape index (κ2) is 5.86. The summed E-state index contributed by atoms with van der Waals surface area (Å²) in [5.74, 6) is 0.915. The molecule has 2 aliphatic rings. The predicted octanol–water partition coefficient (Wildman–Crippen LogP) is 3.52. The molecule has 2 fully saturated rings. The molecule has 3 heteroatoms. The first-order valence-electron chi connectivity index (χ1n) is 8.41. The van der Waals surface area contributed by atoms with E-state index in [1.165, 1.54) is 5.56 Å². The second-order valence-corrected chi connectivity index (χ2v) is 6.98. The van der Waals surface area contributed by atoms with Crippen LogP contribution in [-0.2, 0) is 4.79 Å². The number of nitrogens with zero attached hydrogens (tertiary/aromatic N) is 1.